The highest BCUT2D eigenvalue weighted by molar-refractivity contribution is 5.88. The number of carboxylic acids is 1. The summed E-state index contributed by atoms with van der Waals surface area (Å²) >= 11 is 0. The Morgan fingerprint density at radius 3 is 2.84 bits per heavy atom. The lowest BCUT2D eigenvalue weighted by Crippen LogP contribution is -2.50. The van der Waals surface area contributed by atoms with E-state index >= 15 is 0 Å². The van der Waals surface area contributed by atoms with Crippen LogP contribution in [0, 0.1) is 0 Å². The van der Waals surface area contributed by atoms with Gasteiger partial charge in [-0.1, -0.05) is 6.42 Å². The van der Waals surface area contributed by atoms with Crippen molar-refractivity contribution in [2.75, 3.05) is 26.3 Å². The molecule has 0 aliphatic carbocycles. The summed E-state index contributed by atoms with van der Waals surface area (Å²) < 4.78 is 0. The number of rotatable bonds is 7. The number of amides is 3. The van der Waals surface area contributed by atoms with E-state index in [1.54, 1.807) is 0 Å². The van der Waals surface area contributed by atoms with Gasteiger partial charge >= 0.3 is 12.0 Å². The molecule has 10 heteroatoms. The predicted octanol–water partition coefficient (Wildman–Crippen LogP) is -0.539. The van der Waals surface area contributed by atoms with Gasteiger partial charge in [0.2, 0.25) is 0 Å². The molecule has 3 aliphatic rings. The zero-order valence-electron chi connectivity index (χ0n) is 14.0. The van der Waals surface area contributed by atoms with Crippen LogP contribution in [0.2, 0.25) is 0 Å². The number of nitrogens with one attached hydrogen (secondary N) is 2. The van der Waals surface area contributed by atoms with Crippen molar-refractivity contribution in [2.24, 2.45) is 0 Å². The third kappa shape index (κ3) is 4.20. The minimum atomic E-state index is -1.15. The number of nitrogens with zero attached hydrogens (tertiary/aromatic N) is 2. The Bertz CT molecular complexity index is 524. The Balaban J connectivity index is 1.47. The number of carboxylic acid groups (broad SMARTS) is 1. The molecule has 2 bridgehead atoms. The lowest BCUT2D eigenvalue weighted by molar-refractivity contribution is -0.167. The second-order valence-electron chi connectivity index (χ2n) is 6.60. The van der Waals surface area contributed by atoms with Gasteiger partial charge in [0.15, 0.2) is 6.61 Å². The maximum atomic E-state index is 12.3. The number of hydrogen-bond acceptors (Lipinski definition) is 6. The standard InChI is InChI=1S/C15H24N4O6/c20-13(21)9-25-19-11-4-5-12(18(7-11)15(19)23)14(22)17-24-8-10-3-1-2-6-16-10/h10-12,16H,1-9H2,(H,17,22)(H,20,21)/t10-,11-,12-/m1/s1. The number of aliphatic carboxylic acids is 1. The van der Waals surface area contributed by atoms with Crippen molar-refractivity contribution < 1.29 is 29.2 Å². The summed E-state index contributed by atoms with van der Waals surface area (Å²) in [6.07, 6.45) is 4.38. The minimum absolute atomic E-state index is 0.219. The van der Waals surface area contributed by atoms with E-state index in [1.807, 2.05) is 0 Å². The molecule has 0 aromatic carbocycles. The van der Waals surface area contributed by atoms with E-state index in [0.29, 0.717) is 26.0 Å². The average Bonchev–Trinajstić information content (AvgIpc) is 2.84. The Labute approximate surface area is 145 Å². The van der Waals surface area contributed by atoms with Crippen LogP contribution in [0.15, 0.2) is 0 Å². The van der Waals surface area contributed by atoms with Crippen LogP contribution in [-0.2, 0) is 19.3 Å². The number of hydroxylamine groups is 3. The van der Waals surface area contributed by atoms with Crippen molar-refractivity contribution in [3.63, 3.8) is 0 Å². The summed E-state index contributed by atoms with van der Waals surface area (Å²) in [4.78, 5) is 47.1. The van der Waals surface area contributed by atoms with Crippen LogP contribution >= 0.6 is 0 Å². The van der Waals surface area contributed by atoms with Crippen molar-refractivity contribution >= 4 is 17.9 Å². The molecule has 3 fully saturated rings. The number of urea groups is 1. The van der Waals surface area contributed by atoms with Crippen LogP contribution in [-0.4, -0.2) is 77.4 Å². The molecular formula is C15H24N4O6. The molecule has 3 aliphatic heterocycles. The molecule has 10 nitrogen and oxygen atoms in total. The molecule has 0 spiro atoms. The first-order valence-corrected chi connectivity index (χ1v) is 8.66. The van der Waals surface area contributed by atoms with Gasteiger partial charge in [-0.3, -0.25) is 14.5 Å². The lowest BCUT2D eigenvalue weighted by atomic mass is 10.0. The van der Waals surface area contributed by atoms with E-state index in [9.17, 15) is 14.4 Å². The molecule has 3 amide bonds. The summed E-state index contributed by atoms with van der Waals surface area (Å²) in [6.45, 7) is 1.12. The number of carbonyl (C=O) groups is 3. The van der Waals surface area contributed by atoms with Crippen LogP contribution in [0.25, 0.3) is 0 Å². The maximum Gasteiger partial charge on any atom is 0.345 e. The summed E-state index contributed by atoms with van der Waals surface area (Å²) in [5, 5.41) is 13.1. The maximum absolute atomic E-state index is 12.3. The van der Waals surface area contributed by atoms with Crippen molar-refractivity contribution in [2.45, 2.75) is 50.2 Å². The Morgan fingerprint density at radius 1 is 1.28 bits per heavy atom. The Kier molecular flexibility index (Phi) is 5.71. The molecule has 3 N–H and O–H groups in total. The second-order valence-corrected chi connectivity index (χ2v) is 6.60. The molecule has 0 radical (unpaired) electrons. The Morgan fingerprint density at radius 2 is 2.12 bits per heavy atom. The van der Waals surface area contributed by atoms with Gasteiger partial charge in [-0.15, -0.1) is 0 Å². The molecule has 25 heavy (non-hydrogen) atoms. The monoisotopic (exact) mass is 356 g/mol. The SMILES string of the molecule is O=C(O)CON1C(=O)N2C[C@H]1CC[C@@H]2C(=O)NOC[C@H]1CCCCN1. The number of carbonyl (C=O) groups excluding carboxylic acids is 2. The van der Waals surface area contributed by atoms with Crippen molar-refractivity contribution in [3.05, 3.63) is 0 Å². The van der Waals surface area contributed by atoms with E-state index in [0.717, 1.165) is 30.9 Å². The topological polar surface area (TPSA) is 120 Å². The van der Waals surface area contributed by atoms with E-state index < -0.39 is 24.6 Å². The zero-order chi connectivity index (χ0) is 17.8. The largest absolute Gasteiger partial charge is 0.479 e. The first-order chi connectivity index (χ1) is 12.1. The van der Waals surface area contributed by atoms with Gasteiger partial charge in [0.05, 0.1) is 12.6 Å². The highest BCUT2D eigenvalue weighted by Gasteiger charge is 2.48. The quantitative estimate of drug-likeness (QED) is 0.524. The fourth-order valence-corrected chi connectivity index (χ4v) is 3.54. The van der Waals surface area contributed by atoms with Crippen molar-refractivity contribution in [1.82, 2.24) is 20.8 Å². The van der Waals surface area contributed by atoms with E-state index in [1.165, 1.54) is 4.90 Å². The molecule has 0 saturated carbocycles. The smallest absolute Gasteiger partial charge is 0.345 e. The van der Waals surface area contributed by atoms with Crippen molar-refractivity contribution in [1.29, 1.82) is 0 Å². The molecule has 3 rings (SSSR count). The van der Waals surface area contributed by atoms with E-state index in [2.05, 4.69) is 10.8 Å². The second kappa shape index (κ2) is 7.98. The normalized spacial score (nSPS) is 29.0. The van der Waals surface area contributed by atoms with Crippen LogP contribution in [0.3, 0.4) is 0 Å². The summed E-state index contributed by atoms with van der Waals surface area (Å²) in [5.41, 5.74) is 2.44. The first kappa shape index (κ1) is 17.9. The molecule has 140 valence electrons. The molecule has 0 aromatic rings. The summed E-state index contributed by atoms with van der Waals surface area (Å²) in [7, 11) is 0. The van der Waals surface area contributed by atoms with Gasteiger partial charge in [0.1, 0.15) is 6.04 Å². The molecule has 3 atom stereocenters. The minimum Gasteiger partial charge on any atom is -0.479 e. The summed E-state index contributed by atoms with van der Waals surface area (Å²) in [5.74, 6) is -1.51. The van der Waals surface area contributed by atoms with Gasteiger partial charge in [-0.2, -0.15) is 5.06 Å². The number of fused-ring (bicyclic) bond motifs is 2. The van der Waals surface area contributed by atoms with Crippen LogP contribution < -0.4 is 10.8 Å². The fourth-order valence-electron chi connectivity index (χ4n) is 3.54. The fraction of sp³-hybridized carbons (Fsp3) is 0.800. The van der Waals surface area contributed by atoms with Crippen LogP contribution in [0.5, 0.6) is 0 Å². The molecule has 0 unspecified atom stereocenters. The highest BCUT2D eigenvalue weighted by Crippen LogP contribution is 2.30. The van der Waals surface area contributed by atoms with Crippen LogP contribution in [0.4, 0.5) is 4.79 Å². The zero-order valence-corrected chi connectivity index (χ0v) is 14.0. The number of piperidine rings is 2. The van der Waals surface area contributed by atoms with Gasteiger partial charge < -0.3 is 15.3 Å². The molecule has 3 heterocycles. The predicted molar refractivity (Wildman–Crippen MR) is 84.1 cm³/mol. The highest BCUT2D eigenvalue weighted by atomic mass is 16.7. The van der Waals surface area contributed by atoms with Gasteiger partial charge in [-0.05, 0) is 32.2 Å². The lowest BCUT2D eigenvalue weighted by Gasteiger charge is -2.29. The molecule has 0 aromatic heterocycles. The van der Waals surface area contributed by atoms with E-state index in [4.69, 9.17) is 14.8 Å². The Hall–Kier alpha value is -1.91. The van der Waals surface area contributed by atoms with Crippen molar-refractivity contribution in [3.8, 4) is 0 Å². The van der Waals surface area contributed by atoms with Gasteiger partial charge in [-0.25, -0.2) is 15.1 Å². The third-order valence-electron chi connectivity index (χ3n) is 4.82. The first-order valence-electron chi connectivity index (χ1n) is 8.66. The molecule has 3 saturated heterocycles. The van der Waals surface area contributed by atoms with E-state index in [-0.39, 0.29) is 18.0 Å². The molecular weight excluding hydrogens is 332 g/mol. The van der Waals surface area contributed by atoms with Gasteiger partial charge in [0.25, 0.3) is 5.91 Å². The van der Waals surface area contributed by atoms with Gasteiger partial charge in [0, 0.05) is 12.6 Å². The third-order valence-corrected chi connectivity index (χ3v) is 4.82. The van der Waals surface area contributed by atoms with Crippen LogP contribution in [0.1, 0.15) is 32.1 Å². The number of hydrogen-bond donors (Lipinski definition) is 3. The average molecular weight is 356 g/mol. The summed E-state index contributed by atoms with van der Waals surface area (Å²) in [6, 6.07) is -1.08.